The summed E-state index contributed by atoms with van der Waals surface area (Å²) in [6, 6.07) is 14.0. The highest BCUT2D eigenvalue weighted by molar-refractivity contribution is 7.89. The monoisotopic (exact) mass is 989 g/mol. The number of carboxylic acids is 1. The van der Waals surface area contributed by atoms with Gasteiger partial charge in [-0.1, -0.05) is 47.5 Å². The number of benzene rings is 3. The molecule has 3 aromatic carbocycles. The van der Waals surface area contributed by atoms with Crippen LogP contribution in [0.2, 0.25) is 10.0 Å². The van der Waals surface area contributed by atoms with Crippen LogP contribution in [0, 0.1) is 17.0 Å². The van der Waals surface area contributed by atoms with Gasteiger partial charge in [-0.25, -0.2) is 22.8 Å². The molecule has 66 heavy (non-hydrogen) atoms. The zero-order valence-electron chi connectivity index (χ0n) is 34.7. The molecule has 1 saturated carbocycles. The first-order valence-corrected chi connectivity index (χ1v) is 22.4. The van der Waals surface area contributed by atoms with Crippen LogP contribution in [-0.2, 0) is 35.5 Å². The summed E-state index contributed by atoms with van der Waals surface area (Å²) in [7, 11) is -3.07. The molecular weight excluding hydrogens is 948 g/mol. The molecule has 356 valence electrons. The van der Waals surface area contributed by atoms with Crippen molar-refractivity contribution in [1.29, 1.82) is 0 Å². The number of pyridine rings is 1. The maximum Gasteiger partial charge on any atom is 0.490 e. The molecule has 4 aliphatic rings. The Kier molecular flexibility index (Phi) is 16.2. The van der Waals surface area contributed by atoms with E-state index in [4.69, 9.17) is 52.1 Å². The number of methoxy groups -OCH3 is 1. The van der Waals surface area contributed by atoms with Crippen molar-refractivity contribution in [2.75, 3.05) is 33.4 Å². The van der Waals surface area contributed by atoms with Crippen LogP contribution in [-0.4, -0.2) is 88.6 Å². The second-order valence-electron chi connectivity index (χ2n) is 15.5. The van der Waals surface area contributed by atoms with Crippen molar-refractivity contribution in [2.24, 2.45) is 11.8 Å². The predicted octanol–water partition coefficient (Wildman–Crippen LogP) is 7.46. The lowest BCUT2D eigenvalue weighted by molar-refractivity contribution is -0.605. The molecular formula is C43H42Cl2F5N3O12S. The zero-order valence-corrected chi connectivity index (χ0v) is 37.0. The second-order valence-corrected chi connectivity index (χ2v) is 18.0. The number of sulfonamides is 1. The van der Waals surface area contributed by atoms with Crippen molar-refractivity contribution in [1.82, 2.24) is 9.62 Å². The number of ether oxygens (including phenoxy) is 5. The van der Waals surface area contributed by atoms with Gasteiger partial charge < -0.3 is 34.0 Å². The van der Waals surface area contributed by atoms with Crippen molar-refractivity contribution in [2.45, 2.75) is 68.0 Å². The molecule has 4 fully saturated rings. The minimum absolute atomic E-state index is 0.0183. The van der Waals surface area contributed by atoms with Gasteiger partial charge in [-0.15, -0.1) is 0 Å². The molecule has 2 unspecified atom stereocenters. The van der Waals surface area contributed by atoms with Crippen LogP contribution in [0.25, 0.3) is 0 Å². The first kappa shape index (κ1) is 49.9. The number of halogens is 7. The van der Waals surface area contributed by atoms with E-state index in [1.54, 1.807) is 18.2 Å². The Labute approximate surface area is 384 Å². The average Bonchev–Trinajstić information content (AvgIpc) is 4.11. The highest BCUT2D eigenvalue weighted by Crippen LogP contribution is 2.39. The number of carbonyl (C=O) groups excluding carboxylic acids is 2. The molecule has 0 radical (unpaired) electrons. The standard InChI is InChI=1S/C41H41Cl2F2N3O10S.C2HF3O2/c1-54-29-6-2-4-27(16-29)38(40(50)57-37-22-47-14-12-25(37)13-15-47)46-59(52,53)30-7-3-5-28(17-30)39(49)56-35(19-31-32(42)20-48(51)21-33(31)43)26-10-11-34(58-41(44)45)36(18-26)55-23-24-8-9-24;3-2(4,5)1(6)7/h2-7,10-11,16-18,20-21,24-25,35,37-38,41,46H,8-9,12-15,19,22-23H2,1H3;(H,6,7)/t35?,37-,38?;/m0./s1. The van der Waals surface area contributed by atoms with Gasteiger partial charge in [0.05, 0.1) is 24.2 Å². The summed E-state index contributed by atoms with van der Waals surface area (Å²) in [5.74, 6) is -3.96. The van der Waals surface area contributed by atoms with Crippen LogP contribution in [0.1, 0.15) is 64.9 Å². The van der Waals surface area contributed by atoms with Crippen LogP contribution in [0.5, 0.6) is 17.2 Å². The Morgan fingerprint density at radius 2 is 1.61 bits per heavy atom. The molecule has 3 saturated heterocycles. The lowest BCUT2D eigenvalue weighted by Crippen LogP contribution is -2.52. The molecule has 1 aliphatic carbocycles. The Balaban J connectivity index is 0.000000952. The van der Waals surface area contributed by atoms with Gasteiger partial charge in [0.15, 0.2) is 23.9 Å². The Bertz CT molecular complexity index is 2490. The van der Waals surface area contributed by atoms with Gasteiger partial charge in [-0.05, 0) is 104 Å². The number of aromatic nitrogens is 1. The molecule has 2 bridgehead atoms. The van der Waals surface area contributed by atoms with E-state index in [1.165, 1.54) is 49.6 Å². The van der Waals surface area contributed by atoms with E-state index in [9.17, 15) is 45.2 Å². The van der Waals surface area contributed by atoms with E-state index in [1.807, 2.05) is 0 Å². The van der Waals surface area contributed by atoms with E-state index in [0.29, 0.717) is 17.0 Å². The first-order valence-electron chi connectivity index (χ1n) is 20.2. The molecule has 3 aliphatic heterocycles. The summed E-state index contributed by atoms with van der Waals surface area (Å²) < 4.78 is 117. The van der Waals surface area contributed by atoms with Crippen molar-refractivity contribution < 1.29 is 78.3 Å². The molecule has 1 aromatic heterocycles. The zero-order chi connectivity index (χ0) is 47.9. The number of hydrogen-bond donors (Lipinski definition) is 2. The fourth-order valence-electron chi connectivity index (χ4n) is 7.21. The SMILES string of the molecule is COc1cccc(C(NS(=O)(=O)c2cccc(C(=O)OC(Cc3c(Cl)c[n+]([O-])cc3Cl)c3ccc(OC(F)F)c(OCC4CC4)c3)c2)C(=O)O[C@H]2CN3CCC2CC3)c1.O=C(O)C(F)(F)F. The maximum atomic E-state index is 14.1. The van der Waals surface area contributed by atoms with Crippen LogP contribution < -0.4 is 23.7 Å². The number of carboxylic acid groups (broad SMARTS) is 1. The minimum Gasteiger partial charge on any atom is -0.619 e. The number of nitrogens with one attached hydrogen (secondary N) is 1. The third-order valence-corrected chi connectivity index (χ3v) is 12.9. The fourth-order valence-corrected chi connectivity index (χ4v) is 9.02. The van der Waals surface area contributed by atoms with E-state index in [-0.39, 0.29) is 73.6 Å². The molecule has 0 spiro atoms. The number of alkyl halides is 5. The van der Waals surface area contributed by atoms with Crippen LogP contribution in [0.15, 0.2) is 84.0 Å². The number of carbonyl (C=O) groups is 3. The number of nitrogens with zero attached hydrogens (tertiary/aromatic N) is 2. The first-order chi connectivity index (χ1) is 31.2. The summed E-state index contributed by atoms with van der Waals surface area (Å²) in [6.07, 6.45) is -1.17. The summed E-state index contributed by atoms with van der Waals surface area (Å²) in [6.45, 7) is -0.505. The van der Waals surface area contributed by atoms with Gasteiger partial charge in [-0.2, -0.15) is 31.4 Å². The number of rotatable bonds is 17. The quantitative estimate of drug-likeness (QED) is 0.0459. The third-order valence-electron chi connectivity index (χ3n) is 10.8. The van der Waals surface area contributed by atoms with E-state index >= 15 is 0 Å². The van der Waals surface area contributed by atoms with Crippen molar-refractivity contribution in [3.05, 3.63) is 117 Å². The molecule has 4 heterocycles. The average molecular weight is 991 g/mol. The smallest absolute Gasteiger partial charge is 0.490 e. The van der Waals surface area contributed by atoms with Crippen LogP contribution in [0.4, 0.5) is 22.0 Å². The summed E-state index contributed by atoms with van der Waals surface area (Å²) in [5, 5.41) is 19.1. The van der Waals surface area contributed by atoms with Crippen LogP contribution >= 0.6 is 23.2 Å². The molecule has 23 heteroatoms. The lowest BCUT2D eigenvalue weighted by atomic mass is 9.86. The van der Waals surface area contributed by atoms with Crippen LogP contribution in [0.3, 0.4) is 0 Å². The normalized spacial score (nSPS) is 18.9. The van der Waals surface area contributed by atoms with Gasteiger partial charge in [0.2, 0.25) is 10.0 Å². The minimum atomic E-state index is -5.08. The predicted molar refractivity (Wildman–Crippen MR) is 224 cm³/mol. The maximum absolute atomic E-state index is 14.1. The number of piperidine rings is 3. The summed E-state index contributed by atoms with van der Waals surface area (Å²) in [5.41, 5.74) is 0.602. The Hall–Kier alpha value is -5.48. The Morgan fingerprint density at radius 3 is 2.20 bits per heavy atom. The largest absolute Gasteiger partial charge is 0.619 e. The van der Waals surface area contributed by atoms with E-state index in [2.05, 4.69) is 14.4 Å². The van der Waals surface area contributed by atoms with Crippen molar-refractivity contribution in [3.8, 4) is 17.2 Å². The molecule has 0 amide bonds. The number of fused-ring (bicyclic) bond motifs is 3. The number of hydrogen-bond acceptors (Lipinski definition) is 12. The number of aliphatic carboxylic acids is 1. The molecule has 4 aromatic rings. The highest BCUT2D eigenvalue weighted by atomic mass is 35.5. The molecule has 2 N–H and O–H groups in total. The van der Waals surface area contributed by atoms with E-state index in [0.717, 1.165) is 57.2 Å². The highest BCUT2D eigenvalue weighted by Gasteiger charge is 2.40. The Morgan fingerprint density at radius 1 is 0.939 bits per heavy atom. The van der Waals surface area contributed by atoms with Crippen molar-refractivity contribution in [3.63, 3.8) is 0 Å². The van der Waals surface area contributed by atoms with Gasteiger partial charge in [-0.3, -0.25) is 4.90 Å². The summed E-state index contributed by atoms with van der Waals surface area (Å²) >= 11 is 12.8. The summed E-state index contributed by atoms with van der Waals surface area (Å²) in [4.78, 5) is 38.5. The van der Waals surface area contributed by atoms with E-state index < -0.39 is 59.0 Å². The van der Waals surface area contributed by atoms with Crippen molar-refractivity contribution >= 4 is 51.1 Å². The fraction of sp³-hybridized carbons (Fsp3) is 0.395. The van der Waals surface area contributed by atoms with Gasteiger partial charge in [0.25, 0.3) is 0 Å². The van der Waals surface area contributed by atoms with Gasteiger partial charge in [0, 0.05) is 18.5 Å². The lowest BCUT2D eigenvalue weighted by Gasteiger charge is -2.44. The molecule has 3 atom stereocenters. The topological polar surface area (TPSA) is 194 Å². The third kappa shape index (κ3) is 13.3. The number of esters is 2. The molecule has 15 nitrogen and oxygen atoms in total. The van der Waals surface area contributed by atoms with Gasteiger partial charge in [0.1, 0.15) is 34.0 Å². The second kappa shape index (κ2) is 21.4. The molecule has 8 rings (SSSR count). The van der Waals surface area contributed by atoms with Gasteiger partial charge >= 0.3 is 30.7 Å².